The summed E-state index contributed by atoms with van der Waals surface area (Å²) in [7, 11) is 0. The molecule has 8 N–H and O–H groups in total. The maximum atomic E-state index is 10.8. The topological polar surface area (TPSA) is 211 Å². The first-order valence-electron chi connectivity index (χ1n) is 14.7. The Bertz CT molecular complexity index is 858. The lowest BCUT2D eigenvalue weighted by molar-refractivity contribution is -0.235. The first kappa shape index (κ1) is 33.2. The maximum Gasteiger partial charge on any atom is 0.111 e. The molecule has 12 atom stereocenters. The minimum atomic E-state index is -1.49. The highest BCUT2D eigenvalue weighted by atomic mass is 16.6. The predicted octanol–water partition coefficient (Wildman–Crippen LogP) is -0.862. The molecule has 0 radical (unpaired) electrons. The van der Waals surface area contributed by atoms with Crippen molar-refractivity contribution in [3.8, 4) is 0 Å². The van der Waals surface area contributed by atoms with Gasteiger partial charge in [0.25, 0.3) is 0 Å². The van der Waals surface area contributed by atoms with Crippen molar-refractivity contribution in [1.82, 2.24) is 15.0 Å². The molecule has 4 unspecified atom stereocenters. The van der Waals surface area contributed by atoms with Crippen LogP contribution < -0.4 is 0 Å². The molecular formula is C27H49N3O10. The molecule has 0 aliphatic carbocycles. The molecule has 3 rings (SSSR count). The van der Waals surface area contributed by atoms with Crippen LogP contribution in [0.15, 0.2) is 6.20 Å². The molecule has 0 amide bonds. The number of hydrogen-bond donors (Lipinski definition) is 8. The summed E-state index contributed by atoms with van der Waals surface area (Å²) in [5, 5.41) is 90.6. The van der Waals surface area contributed by atoms with Crippen LogP contribution >= 0.6 is 0 Å². The molecule has 0 saturated carbocycles. The van der Waals surface area contributed by atoms with Gasteiger partial charge in [-0.05, 0) is 19.3 Å². The van der Waals surface area contributed by atoms with E-state index in [0.717, 1.165) is 38.5 Å². The van der Waals surface area contributed by atoms with Gasteiger partial charge in [0.2, 0.25) is 0 Å². The average molecular weight is 576 g/mol. The summed E-state index contributed by atoms with van der Waals surface area (Å²) in [5.41, 5.74) is 0.523. The molecule has 0 aromatic carbocycles. The zero-order valence-corrected chi connectivity index (χ0v) is 23.5. The number of rotatable bonds is 15. The number of unbranched alkanes of at least 4 members (excludes halogenated alkanes) is 4. The molecule has 2 saturated heterocycles. The van der Waals surface area contributed by atoms with Gasteiger partial charge in [-0.15, -0.1) is 5.10 Å². The zero-order chi connectivity index (χ0) is 29.4. The van der Waals surface area contributed by atoms with E-state index in [4.69, 9.17) is 9.47 Å². The summed E-state index contributed by atoms with van der Waals surface area (Å²) in [4.78, 5) is 0. The van der Waals surface area contributed by atoms with Gasteiger partial charge in [-0.3, -0.25) is 0 Å². The Balaban J connectivity index is 1.87. The SMILES string of the molecule is CCCCCC(c1cn(C(CCCCC)CC2O[C@H](CO)[C@@H](O)[C@H](O)[C@H]2O)nn1)C1O[C@H](CO)[C@@H](O)[C@H](O)[C@H]1O. The Morgan fingerprint density at radius 2 is 1.27 bits per heavy atom. The van der Waals surface area contributed by atoms with Gasteiger partial charge in [0.1, 0.15) is 48.8 Å². The van der Waals surface area contributed by atoms with Gasteiger partial charge in [0, 0.05) is 12.1 Å². The van der Waals surface area contributed by atoms with Gasteiger partial charge in [0.15, 0.2) is 0 Å². The highest BCUT2D eigenvalue weighted by molar-refractivity contribution is 5.10. The smallest absolute Gasteiger partial charge is 0.111 e. The third-order valence-electron chi connectivity index (χ3n) is 8.36. The van der Waals surface area contributed by atoms with Crippen molar-refractivity contribution >= 4 is 0 Å². The van der Waals surface area contributed by atoms with Crippen molar-refractivity contribution in [2.45, 2.75) is 145 Å². The average Bonchev–Trinajstić information content (AvgIpc) is 3.44. The van der Waals surface area contributed by atoms with Gasteiger partial charge in [-0.1, -0.05) is 57.6 Å². The van der Waals surface area contributed by atoms with Crippen LogP contribution in [0.5, 0.6) is 0 Å². The highest BCUT2D eigenvalue weighted by Crippen LogP contribution is 2.36. The Labute approximate surface area is 235 Å². The Morgan fingerprint density at radius 1 is 0.725 bits per heavy atom. The fraction of sp³-hybridized carbons (Fsp3) is 0.926. The summed E-state index contributed by atoms with van der Waals surface area (Å²) in [6, 6.07) is -0.291. The van der Waals surface area contributed by atoms with Gasteiger partial charge < -0.3 is 50.3 Å². The molecule has 13 nitrogen and oxygen atoms in total. The molecule has 2 aliphatic heterocycles. The van der Waals surface area contributed by atoms with Crippen molar-refractivity contribution in [2.75, 3.05) is 13.2 Å². The minimum Gasteiger partial charge on any atom is -0.394 e. The van der Waals surface area contributed by atoms with E-state index in [0.29, 0.717) is 18.5 Å². The van der Waals surface area contributed by atoms with Gasteiger partial charge >= 0.3 is 0 Å². The molecule has 13 heteroatoms. The zero-order valence-electron chi connectivity index (χ0n) is 23.5. The molecule has 1 aromatic heterocycles. The van der Waals surface area contributed by atoms with Gasteiger partial charge in [-0.2, -0.15) is 0 Å². The predicted molar refractivity (Wildman–Crippen MR) is 142 cm³/mol. The number of nitrogens with zero attached hydrogens (tertiary/aromatic N) is 3. The fourth-order valence-electron chi connectivity index (χ4n) is 5.83. The van der Waals surface area contributed by atoms with E-state index in [1.165, 1.54) is 0 Å². The number of aliphatic hydroxyl groups is 8. The Hall–Kier alpha value is -1.26. The maximum absolute atomic E-state index is 10.8. The normalized spacial score (nSPS) is 36.5. The fourth-order valence-corrected chi connectivity index (χ4v) is 5.83. The molecule has 0 spiro atoms. The van der Waals surface area contributed by atoms with E-state index >= 15 is 0 Å². The van der Waals surface area contributed by atoms with Crippen LogP contribution in [-0.4, -0.2) is 130 Å². The van der Waals surface area contributed by atoms with Crippen molar-refractivity contribution in [3.63, 3.8) is 0 Å². The van der Waals surface area contributed by atoms with Crippen LogP contribution in [0.3, 0.4) is 0 Å². The van der Waals surface area contributed by atoms with Crippen LogP contribution in [0.2, 0.25) is 0 Å². The van der Waals surface area contributed by atoms with Crippen molar-refractivity contribution in [3.05, 3.63) is 11.9 Å². The van der Waals surface area contributed by atoms with Crippen molar-refractivity contribution in [2.24, 2.45) is 0 Å². The molecule has 232 valence electrons. The lowest BCUT2D eigenvalue weighted by Gasteiger charge is -2.42. The van der Waals surface area contributed by atoms with Crippen molar-refractivity contribution in [1.29, 1.82) is 0 Å². The van der Waals surface area contributed by atoms with E-state index in [1.54, 1.807) is 10.9 Å². The van der Waals surface area contributed by atoms with E-state index in [2.05, 4.69) is 24.2 Å². The van der Waals surface area contributed by atoms with Crippen LogP contribution in [0, 0.1) is 0 Å². The molecule has 1 aromatic rings. The Morgan fingerprint density at radius 3 is 1.88 bits per heavy atom. The van der Waals surface area contributed by atoms with Gasteiger partial charge in [-0.25, -0.2) is 4.68 Å². The molecule has 2 fully saturated rings. The number of aromatic nitrogens is 3. The summed E-state index contributed by atoms with van der Waals surface area (Å²) in [5.74, 6) is -0.477. The van der Waals surface area contributed by atoms with Crippen molar-refractivity contribution < 1.29 is 50.3 Å². The molecule has 0 bridgehead atoms. The second-order valence-corrected chi connectivity index (χ2v) is 11.3. The summed E-state index contributed by atoms with van der Waals surface area (Å²) >= 11 is 0. The molecule has 40 heavy (non-hydrogen) atoms. The molecule has 3 heterocycles. The first-order chi connectivity index (χ1) is 19.2. The summed E-state index contributed by atoms with van der Waals surface area (Å²) < 4.78 is 13.3. The summed E-state index contributed by atoms with van der Waals surface area (Å²) in [6.45, 7) is 3.13. The van der Waals surface area contributed by atoms with Crippen LogP contribution in [0.4, 0.5) is 0 Å². The van der Waals surface area contributed by atoms with Crippen LogP contribution in [-0.2, 0) is 9.47 Å². The second kappa shape index (κ2) is 15.8. The quantitative estimate of drug-likeness (QED) is 0.120. The third kappa shape index (κ3) is 7.77. The third-order valence-corrected chi connectivity index (χ3v) is 8.36. The lowest BCUT2D eigenvalue weighted by atomic mass is 9.83. The highest BCUT2D eigenvalue weighted by Gasteiger charge is 2.47. The Kier molecular flexibility index (Phi) is 13.2. The van der Waals surface area contributed by atoms with E-state index in [-0.39, 0.29) is 12.5 Å². The van der Waals surface area contributed by atoms with E-state index < -0.39 is 80.2 Å². The largest absolute Gasteiger partial charge is 0.394 e. The standard InChI is InChI=1S/C27H49N3O10/c1-3-5-7-9-15(11-18-21(33)24(36)22(34)19(13-31)39-18)30-12-17(28-29-30)16(10-8-6-4-2)27-26(38)25(37)23(35)20(14-32)40-27/h12,15-16,18-27,31-38H,3-11,13-14H2,1-2H3/t15?,16?,18?,19-,20-,21+,22-,23-,24-,25+,26-,27?/m1/s1. The molecular weight excluding hydrogens is 526 g/mol. The number of aliphatic hydroxyl groups excluding tert-OH is 8. The molecule has 2 aliphatic rings. The van der Waals surface area contributed by atoms with Crippen LogP contribution in [0.1, 0.15) is 89.3 Å². The number of ether oxygens (including phenoxy) is 2. The van der Waals surface area contributed by atoms with E-state index in [1.807, 2.05) is 0 Å². The monoisotopic (exact) mass is 575 g/mol. The minimum absolute atomic E-state index is 0.245. The first-order valence-corrected chi connectivity index (χ1v) is 14.7. The summed E-state index contributed by atoms with van der Waals surface area (Å²) in [6.07, 6.45) is -3.66. The van der Waals surface area contributed by atoms with Crippen LogP contribution in [0.25, 0.3) is 0 Å². The number of hydrogen-bond acceptors (Lipinski definition) is 12. The van der Waals surface area contributed by atoms with Gasteiger partial charge in [0.05, 0.1) is 37.2 Å². The lowest BCUT2D eigenvalue weighted by Crippen LogP contribution is -2.59. The van der Waals surface area contributed by atoms with E-state index in [9.17, 15) is 40.9 Å². The second-order valence-electron chi connectivity index (χ2n) is 11.3.